The highest BCUT2D eigenvalue weighted by molar-refractivity contribution is 9.10. The summed E-state index contributed by atoms with van der Waals surface area (Å²) in [6.07, 6.45) is 1.01. The molecule has 10 aromatic carbocycles. The lowest BCUT2D eigenvalue weighted by molar-refractivity contribution is 0.659. The van der Waals surface area contributed by atoms with Gasteiger partial charge in [-0.1, -0.05) is 119 Å². The van der Waals surface area contributed by atoms with E-state index in [0.717, 1.165) is 71.5 Å². The Hall–Kier alpha value is -8.98. The molecule has 0 atom stereocenters. The Morgan fingerprint density at radius 2 is 0.803 bits per heavy atom. The van der Waals surface area contributed by atoms with Crippen LogP contribution in [0, 0.1) is 0 Å². The predicted octanol–water partition coefficient (Wildman–Crippen LogP) is 16.8. The molecule has 0 saturated carbocycles. The molecule has 0 unspecified atom stereocenters. The minimum atomic E-state index is -0.0143. The molecule has 71 heavy (non-hydrogen) atoms. The first-order chi connectivity index (χ1) is 34.9. The average molecular weight is 983 g/mol. The third-order valence-electron chi connectivity index (χ3n) is 13.8. The Labute approximate surface area is 411 Å². The highest BCUT2D eigenvalue weighted by Crippen LogP contribution is 2.42. The zero-order valence-electron chi connectivity index (χ0n) is 37.6. The van der Waals surface area contributed by atoms with Crippen LogP contribution in [0.2, 0.25) is 0 Å². The molecule has 15 aromatic rings. The van der Waals surface area contributed by atoms with Crippen LogP contribution in [0.15, 0.2) is 238 Å². The molecule has 1 aliphatic carbocycles. The van der Waals surface area contributed by atoms with Crippen LogP contribution in [0.25, 0.3) is 126 Å². The van der Waals surface area contributed by atoms with Crippen LogP contribution in [0.5, 0.6) is 0 Å². The van der Waals surface area contributed by atoms with Gasteiger partial charge in [-0.05, 0) is 120 Å². The molecule has 7 nitrogen and oxygen atoms in total. The normalized spacial score (nSPS) is 12.1. The molecule has 336 valence electrons. The number of halogens is 1. The molecular formula is C63H36BrNO6. The van der Waals surface area contributed by atoms with Crippen molar-refractivity contribution in [2.45, 2.75) is 6.42 Å². The standard InChI is InChI=1S/C31H17NO3.C19H12O.C13H7BrO2/c33-31-21-9-3-6-12-28(21)35-29-15-18(13-14-22(29)31)32-25-10-4-1-7-19(25)23-16-24-20-8-2-5-11-27(20)34-30(24)17-26(23)32;1-2-6-14-12(5-1)9-13-10-19-17(11-16(13)14)15-7-3-4-8-18(15)20-19;14-8-5-6-10-12(7-8)16-11-4-2-1-3-9(11)13(10)15/h1-17H;1-8,10-11H,9H2;1-7H. The van der Waals surface area contributed by atoms with Gasteiger partial charge < -0.3 is 22.2 Å². The van der Waals surface area contributed by atoms with Crippen LogP contribution in [-0.4, -0.2) is 4.57 Å². The van der Waals surface area contributed by atoms with E-state index >= 15 is 0 Å². The predicted molar refractivity (Wildman–Crippen MR) is 291 cm³/mol. The van der Waals surface area contributed by atoms with Crippen molar-refractivity contribution in [3.8, 4) is 16.8 Å². The van der Waals surface area contributed by atoms with Gasteiger partial charge in [-0.2, -0.15) is 0 Å². The number of aromatic nitrogens is 1. The molecule has 0 N–H and O–H groups in total. The van der Waals surface area contributed by atoms with Gasteiger partial charge in [0.05, 0.1) is 32.6 Å². The Kier molecular flexibility index (Phi) is 9.28. The minimum Gasteiger partial charge on any atom is -0.456 e. The van der Waals surface area contributed by atoms with Crippen LogP contribution < -0.4 is 10.9 Å². The van der Waals surface area contributed by atoms with E-state index in [9.17, 15) is 9.59 Å². The Balaban J connectivity index is 0.000000110. The Bertz CT molecular complexity index is 4820. The van der Waals surface area contributed by atoms with Crippen LogP contribution in [-0.2, 0) is 6.42 Å². The number of hydrogen-bond acceptors (Lipinski definition) is 6. The van der Waals surface area contributed by atoms with Gasteiger partial charge in [-0.25, -0.2) is 0 Å². The molecule has 16 rings (SSSR count). The van der Waals surface area contributed by atoms with E-state index in [2.05, 4.69) is 105 Å². The molecule has 1 aliphatic rings. The highest BCUT2D eigenvalue weighted by atomic mass is 79.9. The summed E-state index contributed by atoms with van der Waals surface area (Å²) in [5, 5.41) is 9.36. The van der Waals surface area contributed by atoms with Gasteiger partial charge in [-0.3, -0.25) is 9.59 Å². The molecule has 0 bridgehead atoms. The quantitative estimate of drug-likeness (QED) is 0.152. The summed E-state index contributed by atoms with van der Waals surface area (Å²) in [5.41, 5.74) is 14.7. The fraction of sp³-hybridized carbons (Fsp3) is 0.0159. The average Bonchev–Trinajstić information content (AvgIpc) is 4.16. The minimum absolute atomic E-state index is 0.0143. The zero-order chi connectivity index (χ0) is 47.3. The van der Waals surface area contributed by atoms with E-state index < -0.39 is 0 Å². The van der Waals surface area contributed by atoms with Gasteiger partial charge in [-0.15, -0.1) is 0 Å². The van der Waals surface area contributed by atoms with Crippen LogP contribution in [0.3, 0.4) is 0 Å². The lowest BCUT2D eigenvalue weighted by Gasteiger charge is -2.09. The molecular weight excluding hydrogens is 947 g/mol. The number of benzene rings is 10. The van der Waals surface area contributed by atoms with E-state index in [1.54, 1.807) is 24.3 Å². The first-order valence-corrected chi connectivity index (χ1v) is 24.2. The van der Waals surface area contributed by atoms with Crippen molar-refractivity contribution < 1.29 is 17.7 Å². The maximum absolute atomic E-state index is 13.1. The van der Waals surface area contributed by atoms with Crippen molar-refractivity contribution in [3.05, 3.63) is 242 Å². The Morgan fingerprint density at radius 1 is 0.324 bits per heavy atom. The van der Waals surface area contributed by atoms with E-state index in [-0.39, 0.29) is 10.9 Å². The van der Waals surface area contributed by atoms with E-state index in [1.807, 2.05) is 97.1 Å². The monoisotopic (exact) mass is 981 g/mol. The summed E-state index contributed by atoms with van der Waals surface area (Å²) in [5.74, 6) is 0. The van der Waals surface area contributed by atoms with Crippen molar-refractivity contribution >= 4 is 125 Å². The third kappa shape index (κ3) is 6.63. The molecule has 5 heterocycles. The van der Waals surface area contributed by atoms with E-state index in [1.165, 1.54) is 33.0 Å². The topological polar surface area (TPSA) is 91.6 Å². The van der Waals surface area contributed by atoms with Crippen LogP contribution in [0.1, 0.15) is 11.1 Å². The zero-order valence-corrected chi connectivity index (χ0v) is 39.2. The molecule has 8 heteroatoms. The first kappa shape index (κ1) is 41.0. The van der Waals surface area contributed by atoms with Gasteiger partial charge in [0.15, 0.2) is 0 Å². The van der Waals surface area contributed by atoms with E-state index in [4.69, 9.17) is 17.7 Å². The first-order valence-electron chi connectivity index (χ1n) is 23.4. The lowest BCUT2D eigenvalue weighted by atomic mass is 10.0. The molecule has 0 radical (unpaired) electrons. The maximum atomic E-state index is 13.1. The molecule has 0 saturated heterocycles. The fourth-order valence-corrected chi connectivity index (χ4v) is 10.9. The number of nitrogens with zero attached hydrogens (tertiary/aromatic N) is 1. The number of fused-ring (bicyclic) bond motifs is 16. The van der Waals surface area contributed by atoms with Gasteiger partial charge in [0.2, 0.25) is 10.9 Å². The second kappa shape index (κ2) is 16.1. The SMILES string of the molecule is O=c1c2ccccc2oc2cc(-n3c4ccccc4c4cc5c(cc43)oc3ccccc35)ccc12.O=c1c2ccccc2oc2cc(Br)ccc12.c1ccc2c(c1)Cc1cc3oc4ccccc4c3cc1-2. The summed E-state index contributed by atoms with van der Waals surface area (Å²) in [6.45, 7) is 0. The molecule has 0 fully saturated rings. The summed E-state index contributed by atoms with van der Waals surface area (Å²) >= 11 is 3.36. The fourth-order valence-electron chi connectivity index (χ4n) is 10.5. The summed E-state index contributed by atoms with van der Waals surface area (Å²) < 4.78 is 27.1. The number of rotatable bonds is 1. The highest BCUT2D eigenvalue weighted by Gasteiger charge is 2.21. The van der Waals surface area contributed by atoms with Gasteiger partial charge in [0.25, 0.3) is 0 Å². The van der Waals surface area contributed by atoms with Gasteiger partial charge >= 0.3 is 0 Å². The molecule has 0 aliphatic heterocycles. The second-order valence-electron chi connectivity index (χ2n) is 17.9. The lowest BCUT2D eigenvalue weighted by Crippen LogP contribution is -2.03. The van der Waals surface area contributed by atoms with Crippen molar-refractivity contribution in [2.75, 3.05) is 0 Å². The van der Waals surface area contributed by atoms with Crippen molar-refractivity contribution in [3.63, 3.8) is 0 Å². The smallest absolute Gasteiger partial charge is 0.200 e. The summed E-state index contributed by atoms with van der Waals surface area (Å²) in [6, 6.07) is 68.2. The summed E-state index contributed by atoms with van der Waals surface area (Å²) in [4.78, 5) is 25.2. The van der Waals surface area contributed by atoms with Crippen molar-refractivity contribution in [1.29, 1.82) is 0 Å². The van der Waals surface area contributed by atoms with Crippen molar-refractivity contribution in [2.24, 2.45) is 0 Å². The third-order valence-corrected chi connectivity index (χ3v) is 14.3. The van der Waals surface area contributed by atoms with Gasteiger partial charge in [0.1, 0.15) is 44.7 Å². The van der Waals surface area contributed by atoms with Crippen LogP contribution in [0.4, 0.5) is 0 Å². The molecule has 0 spiro atoms. The largest absolute Gasteiger partial charge is 0.456 e. The number of para-hydroxylation sites is 5. The van der Waals surface area contributed by atoms with Gasteiger partial charge in [0, 0.05) is 54.6 Å². The maximum Gasteiger partial charge on any atom is 0.200 e. The number of furan rings is 2. The molecule has 5 aromatic heterocycles. The van der Waals surface area contributed by atoms with Crippen LogP contribution >= 0.6 is 15.9 Å². The summed E-state index contributed by atoms with van der Waals surface area (Å²) in [7, 11) is 0. The van der Waals surface area contributed by atoms with E-state index in [0.29, 0.717) is 43.9 Å². The second-order valence-corrected chi connectivity index (χ2v) is 18.8. The number of hydrogen-bond donors (Lipinski definition) is 0. The Morgan fingerprint density at radius 3 is 1.46 bits per heavy atom. The van der Waals surface area contributed by atoms with Crippen molar-refractivity contribution in [1.82, 2.24) is 4.57 Å². The molecule has 0 amide bonds.